The molecule has 0 bridgehead atoms. The van der Waals surface area contributed by atoms with Gasteiger partial charge in [0.15, 0.2) is 0 Å². The highest BCUT2D eigenvalue weighted by Gasteiger charge is 2.42. The van der Waals surface area contributed by atoms with E-state index in [0.717, 1.165) is 43.2 Å². The van der Waals surface area contributed by atoms with Crippen LogP contribution in [0.25, 0.3) is 0 Å². The molecule has 0 aromatic heterocycles. The quantitative estimate of drug-likeness (QED) is 0.780. The van der Waals surface area contributed by atoms with Crippen LogP contribution in [-0.2, 0) is 10.2 Å². The van der Waals surface area contributed by atoms with E-state index in [9.17, 15) is 4.79 Å². The molecule has 1 aromatic rings. The van der Waals surface area contributed by atoms with Gasteiger partial charge in [0.2, 0.25) is 5.91 Å². The Labute approximate surface area is 112 Å². The van der Waals surface area contributed by atoms with E-state index in [4.69, 9.17) is 11.6 Å². The van der Waals surface area contributed by atoms with Gasteiger partial charge in [0.25, 0.3) is 0 Å². The first kappa shape index (κ1) is 12.0. The van der Waals surface area contributed by atoms with Crippen molar-refractivity contribution in [1.82, 2.24) is 5.32 Å². The number of anilines is 1. The van der Waals surface area contributed by atoms with Gasteiger partial charge in [0.1, 0.15) is 0 Å². The van der Waals surface area contributed by atoms with E-state index in [2.05, 4.69) is 5.32 Å². The first-order valence-electron chi connectivity index (χ1n) is 6.41. The van der Waals surface area contributed by atoms with Gasteiger partial charge in [-0.2, -0.15) is 0 Å². The number of nitrogens with one attached hydrogen (secondary N) is 1. The van der Waals surface area contributed by atoms with Crippen LogP contribution in [0.1, 0.15) is 25.3 Å². The third kappa shape index (κ3) is 1.73. The van der Waals surface area contributed by atoms with Crippen molar-refractivity contribution in [2.75, 3.05) is 24.5 Å². The molecule has 0 aliphatic carbocycles. The maximum absolute atomic E-state index is 11.7. The lowest BCUT2D eigenvalue weighted by atomic mass is 9.73. The topological polar surface area (TPSA) is 32.3 Å². The zero-order valence-corrected chi connectivity index (χ0v) is 11.3. The predicted molar refractivity (Wildman–Crippen MR) is 73.3 cm³/mol. The van der Waals surface area contributed by atoms with Crippen LogP contribution in [0.5, 0.6) is 0 Å². The molecular formula is C14H17ClN2O. The summed E-state index contributed by atoms with van der Waals surface area (Å²) in [5.74, 6) is 0.111. The van der Waals surface area contributed by atoms with Crippen molar-refractivity contribution in [1.29, 1.82) is 0 Å². The third-order valence-corrected chi connectivity index (χ3v) is 4.49. The molecule has 96 valence electrons. The molecule has 1 aromatic carbocycles. The molecule has 0 saturated carbocycles. The summed E-state index contributed by atoms with van der Waals surface area (Å²) in [6.45, 7) is 4.48. The lowest BCUT2D eigenvalue weighted by molar-refractivity contribution is -0.116. The summed E-state index contributed by atoms with van der Waals surface area (Å²) >= 11 is 6.14. The fourth-order valence-corrected chi connectivity index (χ4v) is 3.44. The monoisotopic (exact) mass is 264 g/mol. The number of rotatable bonds is 0. The second-order valence-corrected chi connectivity index (χ2v) is 5.73. The van der Waals surface area contributed by atoms with Crippen molar-refractivity contribution in [2.24, 2.45) is 0 Å². The normalized spacial score (nSPS) is 26.4. The van der Waals surface area contributed by atoms with Gasteiger partial charge in [-0.1, -0.05) is 11.6 Å². The Morgan fingerprint density at radius 3 is 2.94 bits per heavy atom. The third-order valence-electron chi connectivity index (χ3n) is 4.26. The Kier molecular flexibility index (Phi) is 2.83. The first-order chi connectivity index (χ1) is 8.62. The van der Waals surface area contributed by atoms with E-state index in [1.807, 2.05) is 23.1 Å². The van der Waals surface area contributed by atoms with Crippen molar-refractivity contribution >= 4 is 23.2 Å². The lowest BCUT2D eigenvalue weighted by Gasteiger charge is -2.40. The predicted octanol–water partition coefficient (Wildman–Crippen LogP) is 2.33. The first-order valence-corrected chi connectivity index (χ1v) is 6.79. The number of carbonyl (C=O) groups is 1. The van der Waals surface area contributed by atoms with Gasteiger partial charge >= 0.3 is 0 Å². The molecule has 1 saturated heterocycles. The number of fused-ring (bicyclic) bond motifs is 2. The van der Waals surface area contributed by atoms with Crippen molar-refractivity contribution < 1.29 is 4.79 Å². The molecule has 3 nitrogen and oxygen atoms in total. The molecule has 1 spiro atoms. The fraction of sp³-hybridized carbons (Fsp3) is 0.500. The van der Waals surface area contributed by atoms with Gasteiger partial charge in [0, 0.05) is 36.1 Å². The number of amides is 1. The number of halogens is 1. The van der Waals surface area contributed by atoms with E-state index >= 15 is 0 Å². The fourth-order valence-electron chi connectivity index (χ4n) is 3.26. The number of carbonyl (C=O) groups excluding carboxylic acids is 1. The van der Waals surface area contributed by atoms with Crippen LogP contribution in [0, 0.1) is 0 Å². The zero-order valence-electron chi connectivity index (χ0n) is 10.5. The summed E-state index contributed by atoms with van der Waals surface area (Å²) in [6, 6.07) is 5.90. The highest BCUT2D eigenvalue weighted by atomic mass is 35.5. The Hall–Kier alpha value is -1.06. The molecule has 2 aliphatic heterocycles. The highest BCUT2D eigenvalue weighted by molar-refractivity contribution is 6.30. The minimum absolute atomic E-state index is 0.111. The SMILES string of the molecule is CC(=O)N1CCC2(CCNC2)c2cc(Cl)ccc21. The standard InChI is InChI=1S/C14H17ClN2O/c1-10(18)17-7-5-14(4-6-16-9-14)12-8-11(15)2-3-13(12)17/h2-3,8,16H,4-7,9H2,1H3. The van der Waals surface area contributed by atoms with E-state index in [1.54, 1.807) is 6.92 Å². The minimum atomic E-state index is 0.111. The van der Waals surface area contributed by atoms with E-state index in [-0.39, 0.29) is 11.3 Å². The summed E-state index contributed by atoms with van der Waals surface area (Å²) in [4.78, 5) is 13.6. The van der Waals surface area contributed by atoms with E-state index < -0.39 is 0 Å². The van der Waals surface area contributed by atoms with Crippen molar-refractivity contribution in [2.45, 2.75) is 25.2 Å². The van der Waals surface area contributed by atoms with Crippen LogP contribution in [0.15, 0.2) is 18.2 Å². The van der Waals surface area contributed by atoms with E-state index in [1.165, 1.54) is 5.56 Å². The summed E-state index contributed by atoms with van der Waals surface area (Å²) in [6.07, 6.45) is 2.15. The summed E-state index contributed by atoms with van der Waals surface area (Å²) in [5, 5.41) is 4.20. The van der Waals surface area contributed by atoms with Crippen LogP contribution >= 0.6 is 11.6 Å². The van der Waals surface area contributed by atoms with Gasteiger partial charge in [-0.25, -0.2) is 0 Å². The average molecular weight is 265 g/mol. The maximum atomic E-state index is 11.7. The van der Waals surface area contributed by atoms with Gasteiger partial charge in [-0.3, -0.25) is 4.79 Å². The molecule has 0 radical (unpaired) electrons. The highest BCUT2D eigenvalue weighted by Crippen LogP contribution is 2.44. The van der Waals surface area contributed by atoms with Crippen LogP contribution in [-0.4, -0.2) is 25.5 Å². The zero-order chi connectivity index (χ0) is 12.8. The number of benzene rings is 1. The molecule has 2 aliphatic rings. The van der Waals surface area contributed by atoms with Crippen molar-refractivity contribution in [3.05, 3.63) is 28.8 Å². The van der Waals surface area contributed by atoms with Gasteiger partial charge in [-0.05, 0) is 43.1 Å². The van der Waals surface area contributed by atoms with E-state index in [0.29, 0.717) is 0 Å². The Morgan fingerprint density at radius 2 is 2.28 bits per heavy atom. The smallest absolute Gasteiger partial charge is 0.223 e. The molecule has 4 heteroatoms. The summed E-state index contributed by atoms with van der Waals surface area (Å²) in [5.41, 5.74) is 2.45. The van der Waals surface area contributed by atoms with Crippen LogP contribution in [0.4, 0.5) is 5.69 Å². The van der Waals surface area contributed by atoms with Crippen LogP contribution in [0.3, 0.4) is 0 Å². The molecular weight excluding hydrogens is 248 g/mol. The molecule has 2 heterocycles. The Balaban J connectivity index is 2.13. The Bertz CT molecular complexity index is 495. The van der Waals surface area contributed by atoms with Gasteiger partial charge in [0.05, 0.1) is 0 Å². The maximum Gasteiger partial charge on any atom is 0.223 e. The average Bonchev–Trinajstić information content (AvgIpc) is 2.79. The molecule has 1 N–H and O–H groups in total. The second kappa shape index (κ2) is 4.25. The van der Waals surface area contributed by atoms with Gasteiger partial charge < -0.3 is 10.2 Å². The molecule has 1 fully saturated rings. The van der Waals surface area contributed by atoms with Crippen molar-refractivity contribution in [3.63, 3.8) is 0 Å². The lowest BCUT2D eigenvalue weighted by Crippen LogP contribution is -2.43. The Morgan fingerprint density at radius 1 is 1.44 bits per heavy atom. The molecule has 1 atom stereocenters. The van der Waals surface area contributed by atoms with Crippen LogP contribution < -0.4 is 10.2 Å². The second-order valence-electron chi connectivity index (χ2n) is 5.29. The van der Waals surface area contributed by atoms with Crippen LogP contribution in [0.2, 0.25) is 5.02 Å². The number of hydrogen-bond acceptors (Lipinski definition) is 2. The summed E-state index contributed by atoms with van der Waals surface area (Å²) < 4.78 is 0. The largest absolute Gasteiger partial charge is 0.316 e. The number of nitrogens with zero attached hydrogens (tertiary/aromatic N) is 1. The molecule has 3 rings (SSSR count). The summed E-state index contributed by atoms with van der Waals surface area (Å²) in [7, 11) is 0. The minimum Gasteiger partial charge on any atom is -0.316 e. The molecule has 1 amide bonds. The molecule has 18 heavy (non-hydrogen) atoms. The van der Waals surface area contributed by atoms with Crippen molar-refractivity contribution in [3.8, 4) is 0 Å². The number of hydrogen-bond donors (Lipinski definition) is 1. The van der Waals surface area contributed by atoms with Gasteiger partial charge in [-0.15, -0.1) is 0 Å². The molecule has 1 unspecified atom stereocenters.